The zero-order chi connectivity index (χ0) is 17.9. The topological polar surface area (TPSA) is 65.1 Å². The molecule has 6 nitrogen and oxygen atoms in total. The van der Waals surface area contributed by atoms with Crippen molar-refractivity contribution in [3.63, 3.8) is 0 Å². The third-order valence-electron chi connectivity index (χ3n) is 3.99. The van der Waals surface area contributed by atoms with Gasteiger partial charge in [0.1, 0.15) is 17.9 Å². The van der Waals surface area contributed by atoms with Crippen molar-refractivity contribution < 1.29 is 23.8 Å². The molecule has 0 radical (unpaired) electrons. The van der Waals surface area contributed by atoms with Gasteiger partial charge in [-0.15, -0.1) is 0 Å². The number of ether oxygens (including phenoxy) is 3. The third-order valence-corrected chi connectivity index (χ3v) is 3.99. The van der Waals surface area contributed by atoms with E-state index in [2.05, 4.69) is 0 Å². The van der Waals surface area contributed by atoms with Crippen LogP contribution in [0, 0.1) is 0 Å². The van der Waals surface area contributed by atoms with Crippen molar-refractivity contribution >= 4 is 12.1 Å². The zero-order valence-electron chi connectivity index (χ0n) is 14.8. The first-order valence-corrected chi connectivity index (χ1v) is 7.95. The Bertz CT molecular complexity index is 581. The van der Waals surface area contributed by atoms with E-state index in [1.54, 1.807) is 20.8 Å². The maximum absolute atomic E-state index is 12.7. The normalized spacial score (nSPS) is 23.9. The molecule has 1 aromatic carbocycles. The van der Waals surface area contributed by atoms with Crippen LogP contribution in [0.1, 0.15) is 38.7 Å². The molecule has 0 spiro atoms. The summed E-state index contributed by atoms with van der Waals surface area (Å²) >= 11 is 0. The second-order valence-electron chi connectivity index (χ2n) is 6.80. The zero-order valence-corrected chi connectivity index (χ0v) is 14.8. The first-order valence-electron chi connectivity index (χ1n) is 7.95. The molecule has 0 aromatic heterocycles. The molecule has 1 amide bonds. The summed E-state index contributed by atoms with van der Waals surface area (Å²) in [5.74, 6) is -0.689. The third kappa shape index (κ3) is 3.87. The van der Waals surface area contributed by atoms with Crippen LogP contribution in [0.5, 0.6) is 0 Å². The molecule has 0 N–H and O–H groups in total. The van der Waals surface area contributed by atoms with Gasteiger partial charge in [0.05, 0.1) is 7.11 Å². The van der Waals surface area contributed by atoms with Gasteiger partial charge in [-0.2, -0.15) is 0 Å². The van der Waals surface area contributed by atoms with Crippen molar-refractivity contribution in [3.05, 3.63) is 35.9 Å². The van der Waals surface area contributed by atoms with Gasteiger partial charge in [0.15, 0.2) is 0 Å². The highest BCUT2D eigenvalue weighted by Gasteiger charge is 2.50. The summed E-state index contributed by atoms with van der Waals surface area (Å²) in [7, 11) is 2.83. The standard InChI is InChI=1S/C18H25NO5/c1-18(2,3)24-17(21)19-14(22-4)11-13(15(19)16(20)23-5)12-9-7-6-8-10-12/h6-10,13-15H,11H2,1-5H3/t13-,14?,15+/m1/s1. The lowest BCUT2D eigenvalue weighted by Gasteiger charge is -2.31. The number of hydrogen-bond donors (Lipinski definition) is 0. The van der Waals surface area contributed by atoms with Crippen LogP contribution in [0.25, 0.3) is 0 Å². The molecule has 3 atom stereocenters. The molecule has 1 aromatic rings. The van der Waals surface area contributed by atoms with Crippen molar-refractivity contribution in [3.8, 4) is 0 Å². The van der Waals surface area contributed by atoms with Crippen molar-refractivity contribution in [2.45, 2.75) is 51.0 Å². The van der Waals surface area contributed by atoms with Gasteiger partial charge in [0, 0.05) is 19.4 Å². The molecule has 0 saturated carbocycles. The second-order valence-corrected chi connectivity index (χ2v) is 6.80. The summed E-state index contributed by atoms with van der Waals surface area (Å²) in [6, 6.07) is 8.81. The number of rotatable bonds is 3. The Morgan fingerprint density at radius 2 is 1.75 bits per heavy atom. The van der Waals surface area contributed by atoms with Gasteiger partial charge in [-0.25, -0.2) is 9.59 Å². The van der Waals surface area contributed by atoms with E-state index in [9.17, 15) is 9.59 Å². The van der Waals surface area contributed by atoms with Crippen LogP contribution < -0.4 is 0 Å². The van der Waals surface area contributed by atoms with Crippen LogP contribution in [-0.2, 0) is 19.0 Å². The number of esters is 1. The Hall–Kier alpha value is -2.08. The quantitative estimate of drug-likeness (QED) is 0.795. The van der Waals surface area contributed by atoms with Crippen LogP contribution in [0.3, 0.4) is 0 Å². The van der Waals surface area contributed by atoms with Gasteiger partial charge in [-0.1, -0.05) is 30.3 Å². The van der Waals surface area contributed by atoms with E-state index in [-0.39, 0.29) is 5.92 Å². The minimum absolute atomic E-state index is 0.212. The highest BCUT2D eigenvalue weighted by molar-refractivity contribution is 5.83. The van der Waals surface area contributed by atoms with Crippen molar-refractivity contribution in [1.82, 2.24) is 4.90 Å². The molecule has 1 fully saturated rings. The summed E-state index contributed by atoms with van der Waals surface area (Å²) in [5, 5.41) is 0. The highest BCUT2D eigenvalue weighted by atomic mass is 16.6. The molecule has 24 heavy (non-hydrogen) atoms. The van der Waals surface area contributed by atoms with Crippen LogP contribution in [-0.4, -0.2) is 49.1 Å². The minimum atomic E-state index is -0.780. The van der Waals surface area contributed by atoms with Crippen LogP contribution in [0.4, 0.5) is 4.79 Å². The Morgan fingerprint density at radius 3 is 2.25 bits per heavy atom. The lowest BCUT2D eigenvalue weighted by atomic mass is 9.91. The summed E-state index contributed by atoms with van der Waals surface area (Å²) in [6.07, 6.45) is -0.628. The van der Waals surface area contributed by atoms with E-state index in [1.807, 2.05) is 30.3 Å². The number of nitrogens with zero attached hydrogens (tertiary/aromatic N) is 1. The molecular formula is C18H25NO5. The van der Waals surface area contributed by atoms with Crippen molar-refractivity contribution in [1.29, 1.82) is 0 Å². The van der Waals surface area contributed by atoms with Crippen LogP contribution in [0.2, 0.25) is 0 Å². The fraction of sp³-hybridized carbons (Fsp3) is 0.556. The summed E-state index contributed by atoms with van der Waals surface area (Å²) < 4.78 is 15.9. The minimum Gasteiger partial charge on any atom is -0.467 e. The lowest BCUT2D eigenvalue weighted by Crippen LogP contribution is -2.49. The number of carbonyl (C=O) groups excluding carboxylic acids is 2. The maximum Gasteiger partial charge on any atom is 0.413 e. The van der Waals surface area contributed by atoms with E-state index in [4.69, 9.17) is 14.2 Å². The molecule has 1 aliphatic heterocycles. The molecule has 0 aliphatic carbocycles. The molecule has 0 bridgehead atoms. The number of likely N-dealkylation sites (tertiary alicyclic amines) is 1. The Kier molecular flexibility index (Phi) is 5.49. The summed E-state index contributed by atoms with van der Waals surface area (Å²) in [4.78, 5) is 26.4. The second kappa shape index (κ2) is 7.21. The van der Waals surface area contributed by atoms with E-state index in [0.29, 0.717) is 6.42 Å². The van der Waals surface area contributed by atoms with Crippen molar-refractivity contribution in [2.75, 3.05) is 14.2 Å². The summed E-state index contributed by atoms with van der Waals surface area (Å²) in [6.45, 7) is 5.35. The number of carbonyl (C=O) groups is 2. The van der Waals surface area contributed by atoms with E-state index in [1.165, 1.54) is 19.1 Å². The molecule has 1 aliphatic rings. The van der Waals surface area contributed by atoms with Gasteiger partial charge in [-0.05, 0) is 26.3 Å². The predicted molar refractivity (Wildman–Crippen MR) is 88.5 cm³/mol. The molecule has 132 valence electrons. The van der Waals surface area contributed by atoms with Gasteiger partial charge < -0.3 is 14.2 Å². The predicted octanol–water partition coefficient (Wildman–Crippen LogP) is 2.93. The molecular weight excluding hydrogens is 310 g/mol. The van der Waals surface area contributed by atoms with Crippen LogP contribution in [0.15, 0.2) is 30.3 Å². The number of amides is 1. The smallest absolute Gasteiger partial charge is 0.413 e. The molecule has 2 rings (SSSR count). The van der Waals surface area contributed by atoms with Crippen molar-refractivity contribution in [2.24, 2.45) is 0 Å². The van der Waals surface area contributed by atoms with Crippen LogP contribution >= 0.6 is 0 Å². The lowest BCUT2D eigenvalue weighted by molar-refractivity contribution is -0.148. The van der Waals surface area contributed by atoms with Gasteiger partial charge in [-0.3, -0.25) is 4.90 Å². The average Bonchev–Trinajstić information content (AvgIpc) is 2.93. The number of methoxy groups -OCH3 is 2. The van der Waals surface area contributed by atoms with Gasteiger partial charge in [0.2, 0.25) is 0 Å². The Morgan fingerprint density at radius 1 is 1.12 bits per heavy atom. The van der Waals surface area contributed by atoms with E-state index >= 15 is 0 Å². The number of benzene rings is 1. The first kappa shape index (κ1) is 18.3. The molecule has 1 heterocycles. The Labute approximate surface area is 142 Å². The fourth-order valence-corrected chi connectivity index (χ4v) is 3.01. The largest absolute Gasteiger partial charge is 0.467 e. The highest BCUT2D eigenvalue weighted by Crippen LogP contribution is 2.39. The monoisotopic (exact) mass is 335 g/mol. The van der Waals surface area contributed by atoms with Gasteiger partial charge in [0.25, 0.3) is 0 Å². The first-order chi connectivity index (χ1) is 11.3. The maximum atomic E-state index is 12.7. The molecule has 1 unspecified atom stereocenters. The van der Waals surface area contributed by atoms with Gasteiger partial charge >= 0.3 is 12.1 Å². The average molecular weight is 335 g/mol. The summed E-state index contributed by atoms with van der Waals surface area (Å²) in [5.41, 5.74) is 0.293. The number of hydrogen-bond acceptors (Lipinski definition) is 5. The SMILES string of the molecule is COC(=O)[C@@H]1[C@@H](c2ccccc2)CC(OC)N1C(=O)OC(C)(C)C. The fourth-order valence-electron chi connectivity index (χ4n) is 3.01. The molecule has 6 heteroatoms. The van der Waals surface area contributed by atoms with E-state index in [0.717, 1.165) is 5.56 Å². The Balaban J connectivity index is 2.38. The molecule has 1 saturated heterocycles. The van der Waals surface area contributed by atoms with E-state index < -0.39 is 29.9 Å².